The van der Waals surface area contributed by atoms with Gasteiger partial charge in [-0.2, -0.15) is 0 Å². The lowest BCUT2D eigenvalue weighted by Crippen LogP contribution is -2.43. The lowest BCUT2D eigenvalue weighted by atomic mass is 9.87. The zero-order valence-electron chi connectivity index (χ0n) is 11.5. The molecule has 0 aromatic heterocycles. The van der Waals surface area contributed by atoms with Crippen LogP contribution in [0, 0.1) is 11.8 Å². The first-order valence-electron chi connectivity index (χ1n) is 6.62. The highest BCUT2D eigenvalue weighted by Crippen LogP contribution is 2.18. The standard InChI is InChI=1S/C15H26N2/c1-5-13-6-8-14(9-7-13)10-15(17-16)12(4)11(2)3/h6-9,11-12,15,17H,5,10,16H2,1-4H3. The van der Waals surface area contributed by atoms with Crippen molar-refractivity contribution in [3.05, 3.63) is 35.4 Å². The summed E-state index contributed by atoms with van der Waals surface area (Å²) in [5.41, 5.74) is 5.71. The largest absolute Gasteiger partial charge is 0.271 e. The van der Waals surface area contributed by atoms with Crippen LogP contribution in [0.4, 0.5) is 0 Å². The molecule has 0 aliphatic heterocycles. The molecule has 0 radical (unpaired) electrons. The zero-order chi connectivity index (χ0) is 12.8. The number of nitrogens with two attached hydrogens (primary N) is 1. The van der Waals surface area contributed by atoms with Gasteiger partial charge in [0.2, 0.25) is 0 Å². The summed E-state index contributed by atoms with van der Waals surface area (Å²) in [6.07, 6.45) is 2.10. The van der Waals surface area contributed by atoms with E-state index in [2.05, 4.69) is 57.4 Å². The van der Waals surface area contributed by atoms with Crippen molar-refractivity contribution in [1.82, 2.24) is 5.43 Å². The van der Waals surface area contributed by atoms with E-state index in [1.165, 1.54) is 11.1 Å². The number of rotatable bonds is 6. The van der Waals surface area contributed by atoms with Crippen LogP contribution in [0.5, 0.6) is 0 Å². The van der Waals surface area contributed by atoms with Gasteiger partial charge in [0, 0.05) is 6.04 Å². The van der Waals surface area contributed by atoms with Crippen LogP contribution < -0.4 is 11.3 Å². The van der Waals surface area contributed by atoms with Gasteiger partial charge in [0.25, 0.3) is 0 Å². The summed E-state index contributed by atoms with van der Waals surface area (Å²) in [5, 5.41) is 0. The van der Waals surface area contributed by atoms with Gasteiger partial charge < -0.3 is 0 Å². The molecular weight excluding hydrogens is 208 g/mol. The Balaban J connectivity index is 2.66. The number of hydrazine groups is 1. The Morgan fingerprint density at radius 1 is 1.06 bits per heavy atom. The highest BCUT2D eigenvalue weighted by molar-refractivity contribution is 5.23. The molecule has 0 amide bonds. The average Bonchev–Trinajstić information content (AvgIpc) is 2.35. The fourth-order valence-corrected chi connectivity index (χ4v) is 2.03. The Bertz CT molecular complexity index is 316. The maximum absolute atomic E-state index is 5.67. The first-order chi connectivity index (χ1) is 8.08. The van der Waals surface area contributed by atoms with Crippen LogP contribution in [-0.2, 0) is 12.8 Å². The molecule has 0 saturated heterocycles. The van der Waals surface area contributed by atoms with Gasteiger partial charge in [-0.3, -0.25) is 11.3 Å². The van der Waals surface area contributed by atoms with Gasteiger partial charge in [-0.1, -0.05) is 52.0 Å². The van der Waals surface area contributed by atoms with E-state index in [0.717, 1.165) is 12.8 Å². The van der Waals surface area contributed by atoms with Gasteiger partial charge in [-0.15, -0.1) is 0 Å². The van der Waals surface area contributed by atoms with E-state index in [1.54, 1.807) is 0 Å². The van der Waals surface area contributed by atoms with Gasteiger partial charge in [0.1, 0.15) is 0 Å². The number of aryl methyl sites for hydroxylation is 1. The van der Waals surface area contributed by atoms with E-state index in [0.29, 0.717) is 17.9 Å². The molecule has 0 saturated carbocycles. The van der Waals surface area contributed by atoms with E-state index in [9.17, 15) is 0 Å². The third-order valence-electron chi connectivity index (χ3n) is 3.79. The minimum Gasteiger partial charge on any atom is -0.271 e. The van der Waals surface area contributed by atoms with Crippen LogP contribution in [0.15, 0.2) is 24.3 Å². The lowest BCUT2D eigenvalue weighted by Gasteiger charge is -2.26. The number of nitrogens with one attached hydrogen (secondary N) is 1. The van der Waals surface area contributed by atoms with Crippen molar-refractivity contribution < 1.29 is 0 Å². The molecule has 0 aliphatic carbocycles. The van der Waals surface area contributed by atoms with Crippen LogP contribution in [-0.4, -0.2) is 6.04 Å². The second-order valence-corrected chi connectivity index (χ2v) is 5.25. The van der Waals surface area contributed by atoms with Crippen molar-refractivity contribution in [3.8, 4) is 0 Å². The molecule has 0 bridgehead atoms. The Kier molecular flexibility index (Phi) is 5.66. The summed E-state index contributed by atoms with van der Waals surface area (Å²) in [7, 11) is 0. The number of hydrogen-bond acceptors (Lipinski definition) is 2. The second kappa shape index (κ2) is 6.77. The Morgan fingerprint density at radius 2 is 1.59 bits per heavy atom. The molecule has 1 aromatic carbocycles. The summed E-state index contributed by atoms with van der Waals surface area (Å²) in [4.78, 5) is 0. The van der Waals surface area contributed by atoms with Crippen molar-refractivity contribution in [2.45, 2.75) is 46.6 Å². The molecule has 2 heteroatoms. The van der Waals surface area contributed by atoms with E-state index in [-0.39, 0.29) is 0 Å². The summed E-state index contributed by atoms with van der Waals surface area (Å²) in [6.45, 7) is 8.93. The molecule has 0 spiro atoms. The summed E-state index contributed by atoms with van der Waals surface area (Å²) >= 11 is 0. The van der Waals surface area contributed by atoms with Crippen LogP contribution in [0.3, 0.4) is 0 Å². The Hall–Kier alpha value is -0.860. The fraction of sp³-hybridized carbons (Fsp3) is 0.600. The first kappa shape index (κ1) is 14.2. The molecule has 96 valence electrons. The van der Waals surface area contributed by atoms with Crippen molar-refractivity contribution in [3.63, 3.8) is 0 Å². The monoisotopic (exact) mass is 234 g/mol. The van der Waals surface area contributed by atoms with Gasteiger partial charge in [0.05, 0.1) is 0 Å². The molecule has 0 heterocycles. The van der Waals surface area contributed by atoms with Gasteiger partial charge >= 0.3 is 0 Å². The van der Waals surface area contributed by atoms with Crippen molar-refractivity contribution in [2.75, 3.05) is 0 Å². The van der Waals surface area contributed by atoms with Crippen molar-refractivity contribution >= 4 is 0 Å². The van der Waals surface area contributed by atoms with Crippen molar-refractivity contribution in [2.24, 2.45) is 17.7 Å². The molecular formula is C15H26N2. The molecule has 17 heavy (non-hydrogen) atoms. The topological polar surface area (TPSA) is 38.0 Å². The molecule has 1 aromatic rings. The van der Waals surface area contributed by atoms with Crippen LogP contribution in [0.25, 0.3) is 0 Å². The predicted octanol–water partition coefficient (Wildman–Crippen LogP) is 2.92. The lowest BCUT2D eigenvalue weighted by molar-refractivity contribution is 0.299. The predicted molar refractivity (Wildman–Crippen MR) is 74.6 cm³/mol. The molecule has 1 rings (SSSR count). The molecule has 2 atom stereocenters. The summed E-state index contributed by atoms with van der Waals surface area (Å²) in [5.74, 6) is 6.88. The third-order valence-corrected chi connectivity index (χ3v) is 3.79. The van der Waals surface area contributed by atoms with E-state index < -0.39 is 0 Å². The SMILES string of the molecule is CCc1ccc(CC(NN)C(C)C(C)C)cc1. The highest BCUT2D eigenvalue weighted by atomic mass is 15.2. The average molecular weight is 234 g/mol. The van der Waals surface area contributed by atoms with Crippen LogP contribution >= 0.6 is 0 Å². The van der Waals surface area contributed by atoms with Gasteiger partial charge in [-0.05, 0) is 35.8 Å². The minimum absolute atomic E-state index is 0.350. The molecule has 3 N–H and O–H groups in total. The van der Waals surface area contributed by atoms with E-state index in [4.69, 9.17) is 5.84 Å². The first-order valence-corrected chi connectivity index (χ1v) is 6.62. The smallest absolute Gasteiger partial charge is 0.0278 e. The third kappa shape index (κ3) is 4.14. The molecule has 2 nitrogen and oxygen atoms in total. The van der Waals surface area contributed by atoms with Gasteiger partial charge in [0.15, 0.2) is 0 Å². The highest BCUT2D eigenvalue weighted by Gasteiger charge is 2.19. The normalized spacial score (nSPS) is 14.9. The van der Waals surface area contributed by atoms with Crippen LogP contribution in [0.2, 0.25) is 0 Å². The van der Waals surface area contributed by atoms with E-state index >= 15 is 0 Å². The number of benzene rings is 1. The summed E-state index contributed by atoms with van der Waals surface area (Å²) < 4.78 is 0. The zero-order valence-corrected chi connectivity index (χ0v) is 11.5. The maximum Gasteiger partial charge on any atom is 0.0278 e. The minimum atomic E-state index is 0.350. The molecule has 2 unspecified atom stereocenters. The quantitative estimate of drug-likeness (QED) is 0.586. The van der Waals surface area contributed by atoms with E-state index in [1.807, 2.05) is 0 Å². The molecule has 0 aliphatic rings. The Morgan fingerprint density at radius 3 is 2.00 bits per heavy atom. The molecule has 0 fully saturated rings. The fourth-order valence-electron chi connectivity index (χ4n) is 2.03. The van der Waals surface area contributed by atoms with Crippen molar-refractivity contribution in [1.29, 1.82) is 0 Å². The Labute approximate surface area is 106 Å². The number of hydrogen-bond donors (Lipinski definition) is 2. The van der Waals surface area contributed by atoms with Crippen LogP contribution in [0.1, 0.15) is 38.8 Å². The summed E-state index contributed by atoms with van der Waals surface area (Å²) in [6, 6.07) is 9.21. The van der Waals surface area contributed by atoms with Gasteiger partial charge in [-0.25, -0.2) is 0 Å². The maximum atomic E-state index is 5.67. The second-order valence-electron chi connectivity index (χ2n) is 5.25.